The summed E-state index contributed by atoms with van der Waals surface area (Å²) in [4.78, 5) is 12.8. The van der Waals surface area contributed by atoms with E-state index in [2.05, 4.69) is 116 Å². The smallest absolute Gasteiger partial charge is 0.306 e. The molecule has 6 fully saturated rings. The van der Waals surface area contributed by atoms with Crippen LogP contribution in [0.5, 0.6) is 0 Å². The minimum atomic E-state index is -2.58. The summed E-state index contributed by atoms with van der Waals surface area (Å²) in [6.45, 7) is 19.4. The molecule has 4 aliphatic carbocycles. The van der Waals surface area contributed by atoms with Crippen LogP contribution < -0.4 is 10.4 Å². The molecule has 6 aliphatic rings. The fourth-order valence-electron chi connectivity index (χ4n) is 13.5. The molecule has 2 aromatic carbocycles. The fourth-order valence-corrected chi connectivity index (χ4v) is 18.3. The van der Waals surface area contributed by atoms with E-state index in [0.717, 1.165) is 24.2 Å². The second kappa shape index (κ2) is 12.3. The highest BCUT2D eigenvalue weighted by Gasteiger charge is 2.79. The second-order valence-electron chi connectivity index (χ2n) is 19.7. The minimum Gasteiger partial charge on any atom is -0.462 e. The van der Waals surface area contributed by atoms with Crippen LogP contribution in [-0.4, -0.2) is 38.2 Å². The Morgan fingerprint density at radius 1 is 0.820 bits per heavy atom. The van der Waals surface area contributed by atoms with E-state index in [-0.39, 0.29) is 34.0 Å². The predicted octanol–water partition coefficient (Wildman–Crippen LogP) is 9.34. The number of hydrogen-bond acceptors (Lipinski definition) is 4. The van der Waals surface area contributed by atoms with E-state index in [4.69, 9.17) is 13.9 Å². The van der Waals surface area contributed by atoms with Crippen LogP contribution in [-0.2, 0) is 18.7 Å². The molecule has 0 N–H and O–H groups in total. The highest BCUT2D eigenvalue weighted by molar-refractivity contribution is 6.99. The average molecular weight is 697 g/mol. The maximum Gasteiger partial charge on any atom is 0.306 e. The zero-order valence-electron chi connectivity index (χ0n) is 32.3. The van der Waals surface area contributed by atoms with E-state index < -0.39 is 8.32 Å². The molecular formula is C45H64O4Si. The molecule has 0 aromatic heterocycles. The molecule has 0 radical (unpaired) electrons. The number of esters is 1. The van der Waals surface area contributed by atoms with Gasteiger partial charge in [0.05, 0.1) is 6.10 Å². The SMILES string of the molecule is CC(C)[C@@H]1CC(=O)O[C@H]([C@@H](C)[C@@]23OC2C[C@H]2[C@@H]4CC[C@H]5C[C@@H](O[Si](c6ccccc6)(c6ccccc6)C(C)(C)C)CC[C@]5(C)[C@H]4CC[C@@]23C)C1. The molecule has 272 valence electrons. The monoisotopic (exact) mass is 696 g/mol. The van der Waals surface area contributed by atoms with Gasteiger partial charge in [-0.3, -0.25) is 4.79 Å². The van der Waals surface area contributed by atoms with Gasteiger partial charge >= 0.3 is 5.97 Å². The van der Waals surface area contributed by atoms with Crippen molar-refractivity contribution in [2.24, 2.45) is 52.3 Å². The number of cyclic esters (lactones) is 1. The number of rotatable bonds is 7. The second-order valence-corrected chi connectivity index (χ2v) is 23.9. The molecule has 12 atom stereocenters. The van der Waals surface area contributed by atoms with Gasteiger partial charge in [0.25, 0.3) is 8.32 Å². The molecule has 2 heterocycles. The zero-order valence-corrected chi connectivity index (χ0v) is 33.3. The van der Waals surface area contributed by atoms with Gasteiger partial charge in [-0.05, 0) is 114 Å². The van der Waals surface area contributed by atoms with Gasteiger partial charge in [0.1, 0.15) is 11.7 Å². The van der Waals surface area contributed by atoms with Gasteiger partial charge in [0, 0.05) is 23.9 Å². The van der Waals surface area contributed by atoms with Crippen molar-refractivity contribution >= 4 is 24.7 Å². The maximum atomic E-state index is 12.8. The summed E-state index contributed by atoms with van der Waals surface area (Å²) in [6, 6.07) is 22.5. The predicted molar refractivity (Wildman–Crippen MR) is 204 cm³/mol. The Balaban J connectivity index is 1.02. The number of ether oxygens (including phenoxy) is 2. The van der Waals surface area contributed by atoms with Crippen LogP contribution in [0.4, 0.5) is 0 Å². The minimum absolute atomic E-state index is 0.00424. The highest BCUT2D eigenvalue weighted by Crippen LogP contribution is 2.76. The molecule has 5 heteroatoms. The number of hydrogen-bond donors (Lipinski definition) is 0. The van der Waals surface area contributed by atoms with Gasteiger partial charge in [-0.2, -0.15) is 0 Å². The number of epoxide rings is 1. The van der Waals surface area contributed by atoms with Crippen LogP contribution >= 0.6 is 0 Å². The van der Waals surface area contributed by atoms with Crippen molar-refractivity contribution in [1.29, 1.82) is 0 Å². The third-order valence-electron chi connectivity index (χ3n) is 16.3. The van der Waals surface area contributed by atoms with E-state index >= 15 is 0 Å². The molecule has 2 saturated heterocycles. The number of carbonyl (C=O) groups is 1. The molecule has 50 heavy (non-hydrogen) atoms. The summed E-state index contributed by atoms with van der Waals surface area (Å²) in [5.74, 6) is 4.19. The maximum absolute atomic E-state index is 12.8. The van der Waals surface area contributed by atoms with Crippen molar-refractivity contribution in [2.45, 2.75) is 149 Å². The first-order chi connectivity index (χ1) is 23.7. The van der Waals surface area contributed by atoms with Crippen LogP contribution in [0.2, 0.25) is 5.04 Å². The molecular weight excluding hydrogens is 633 g/mol. The molecule has 4 saturated carbocycles. The summed E-state index contributed by atoms with van der Waals surface area (Å²) in [5.41, 5.74) is 0.430. The third-order valence-corrected chi connectivity index (χ3v) is 21.4. The Kier molecular flexibility index (Phi) is 8.64. The number of fused-ring (bicyclic) bond motifs is 7. The summed E-state index contributed by atoms with van der Waals surface area (Å²) in [5, 5.41) is 2.80. The van der Waals surface area contributed by atoms with E-state index in [9.17, 15) is 4.79 Å². The summed E-state index contributed by atoms with van der Waals surface area (Å²) < 4.78 is 20.7. The van der Waals surface area contributed by atoms with Crippen molar-refractivity contribution in [1.82, 2.24) is 0 Å². The Bertz CT molecular complexity index is 1510. The Morgan fingerprint density at radius 3 is 2.10 bits per heavy atom. The van der Waals surface area contributed by atoms with E-state index in [1.165, 1.54) is 61.7 Å². The Hall–Kier alpha value is -1.95. The molecule has 0 bridgehead atoms. The lowest BCUT2D eigenvalue weighted by atomic mass is 9.44. The van der Waals surface area contributed by atoms with E-state index in [1.54, 1.807) is 0 Å². The average Bonchev–Trinajstić information content (AvgIpc) is 3.77. The standard InChI is InChI=1S/C45H64O4Si/c1-29(2)31-25-39(47-41(46)26-31)30(3)45-40(48-45)28-38-36-20-19-32-27-33(21-23-43(32,7)37(36)22-24-44(38,45)8)49-50(42(4,5)6,34-15-11-9-12-16-34)35-17-13-10-14-18-35/h9-18,29-33,36-40H,19-28H2,1-8H3/t30-,31+,32+,33+,36-,37+,38+,39+,40?,43+,44+,45-/m1/s1. The van der Waals surface area contributed by atoms with Gasteiger partial charge in [-0.15, -0.1) is 0 Å². The molecule has 1 unspecified atom stereocenters. The Labute approximate surface area is 304 Å². The van der Waals surface area contributed by atoms with Crippen molar-refractivity contribution in [3.05, 3.63) is 60.7 Å². The summed E-state index contributed by atoms with van der Waals surface area (Å²) >= 11 is 0. The number of benzene rings is 2. The van der Waals surface area contributed by atoms with E-state index in [1.807, 2.05) is 0 Å². The zero-order chi connectivity index (χ0) is 35.3. The first-order valence-electron chi connectivity index (χ1n) is 20.4. The lowest BCUT2D eigenvalue weighted by Gasteiger charge is -2.62. The van der Waals surface area contributed by atoms with Crippen molar-refractivity contribution in [2.75, 3.05) is 0 Å². The molecule has 2 aromatic rings. The molecule has 0 amide bonds. The quantitative estimate of drug-likeness (QED) is 0.165. The fraction of sp³-hybridized carbons (Fsp3) is 0.711. The highest BCUT2D eigenvalue weighted by atomic mass is 28.4. The number of carbonyl (C=O) groups excluding carboxylic acids is 1. The van der Waals surface area contributed by atoms with Crippen LogP contribution in [0.15, 0.2) is 60.7 Å². The lowest BCUT2D eigenvalue weighted by molar-refractivity contribution is -0.172. The Morgan fingerprint density at radius 2 is 1.48 bits per heavy atom. The molecule has 8 rings (SSSR count). The van der Waals surface area contributed by atoms with Crippen LogP contribution in [0.1, 0.15) is 120 Å². The molecule has 4 nitrogen and oxygen atoms in total. The van der Waals surface area contributed by atoms with E-state index in [0.29, 0.717) is 41.8 Å². The largest absolute Gasteiger partial charge is 0.462 e. The van der Waals surface area contributed by atoms with Crippen LogP contribution in [0.25, 0.3) is 0 Å². The topological polar surface area (TPSA) is 48.1 Å². The van der Waals surface area contributed by atoms with Crippen molar-refractivity contribution in [3.63, 3.8) is 0 Å². The summed E-state index contributed by atoms with van der Waals surface area (Å²) in [6.07, 6.45) is 12.3. The van der Waals surface area contributed by atoms with Gasteiger partial charge in [-0.25, -0.2) is 0 Å². The van der Waals surface area contributed by atoms with Crippen molar-refractivity contribution in [3.8, 4) is 0 Å². The van der Waals surface area contributed by atoms with Gasteiger partial charge in [0.15, 0.2) is 0 Å². The lowest BCUT2D eigenvalue weighted by Crippen LogP contribution is -2.68. The van der Waals surface area contributed by atoms with Crippen LogP contribution in [0.3, 0.4) is 0 Å². The first kappa shape index (κ1) is 35.1. The van der Waals surface area contributed by atoms with Gasteiger partial charge < -0.3 is 13.9 Å². The van der Waals surface area contributed by atoms with Gasteiger partial charge in [0.2, 0.25) is 0 Å². The normalized spacial score (nSPS) is 41.7. The van der Waals surface area contributed by atoms with Crippen molar-refractivity contribution < 1.29 is 18.7 Å². The third kappa shape index (κ3) is 5.12. The first-order valence-corrected chi connectivity index (χ1v) is 22.3. The molecule has 2 aliphatic heterocycles. The summed E-state index contributed by atoms with van der Waals surface area (Å²) in [7, 11) is -2.58. The molecule has 0 spiro atoms. The van der Waals surface area contributed by atoms with Gasteiger partial charge in [-0.1, -0.05) is 116 Å². The van der Waals surface area contributed by atoms with Crippen LogP contribution in [0, 0.1) is 52.3 Å².